The van der Waals surface area contributed by atoms with Gasteiger partial charge >= 0.3 is 0 Å². The van der Waals surface area contributed by atoms with Crippen LogP contribution in [-0.2, 0) is 13.0 Å². The lowest BCUT2D eigenvalue weighted by Crippen LogP contribution is -2.36. The topological polar surface area (TPSA) is 31.7 Å². The Morgan fingerprint density at radius 3 is 3.00 bits per heavy atom. The van der Waals surface area contributed by atoms with Crippen molar-refractivity contribution in [2.75, 3.05) is 13.1 Å². The monoisotopic (exact) mass is 192 g/mol. The van der Waals surface area contributed by atoms with Gasteiger partial charge in [-0.25, -0.2) is 9.55 Å². The molecule has 0 radical (unpaired) electrons. The number of allylic oxidation sites excluding steroid dienone is 1. The second-order valence-corrected chi connectivity index (χ2v) is 3.09. The van der Waals surface area contributed by atoms with Crippen molar-refractivity contribution < 1.29 is 4.57 Å². The zero-order valence-corrected chi connectivity index (χ0v) is 8.50. The van der Waals surface area contributed by atoms with Crippen molar-refractivity contribution in [3.05, 3.63) is 43.5 Å². The summed E-state index contributed by atoms with van der Waals surface area (Å²) in [5.74, 6) is 1.22. The Hall–Kier alpha value is -1.35. The van der Waals surface area contributed by atoms with Crippen molar-refractivity contribution in [3.63, 3.8) is 0 Å². The maximum absolute atomic E-state index is 3.72. The summed E-state index contributed by atoms with van der Waals surface area (Å²) in [7, 11) is 0. The summed E-state index contributed by atoms with van der Waals surface area (Å²) in [6.45, 7) is 10.1. The molecule has 14 heavy (non-hydrogen) atoms. The quantitative estimate of drug-likeness (QED) is 0.374. The lowest BCUT2D eigenvalue weighted by molar-refractivity contribution is -0.693. The van der Waals surface area contributed by atoms with Crippen molar-refractivity contribution in [3.8, 4) is 0 Å². The molecular formula is C11H18N3+. The first-order valence-corrected chi connectivity index (χ1v) is 4.86. The van der Waals surface area contributed by atoms with Crippen LogP contribution in [0, 0.1) is 0 Å². The van der Waals surface area contributed by atoms with Crippen molar-refractivity contribution in [2.24, 2.45) is 0 Å². The van der Waals surface area contributed by atoms with Crippen LogP contribution < -0.4 is 9.88 Å². The third-order valence-corrected chi connectivity index (χ3v) is 2.00. The molecule has 0 saturated heterocycles. The molecule has 3 nitrogen and oxygen atoms in total. The second kappa shape index (κ2) is 6.16. The third kappa shape index (κ3) is 3.18. The van der Waals surface area contributed by atoms with Gasteiger partial charge in [0.1, 0.15) is 18.9 Å². The Kier molecular flexibility index (Phi) is 4.72. The van der Waals surface area contributed by atoms with E-state index in [-0.39, 0.29) is 0 Å². The highest BCUT2D eigenvalue weighted by atomic mass is 15.1. The molecule has 0 amide bonds. The summed E-state index contributed by atoms with van der Waals surface area (Å²) in [4.78, 5) is 3.22. The summed E-state index contributed by atoms with van der Waals surface area (Å²) < 4.78 is 2.16. The number of rotatable bonds is 7. The first kappa shape index (κ1) is 10.7. The molecule has 76 valence electrons. The normalized spacial score (nSPS) is 10.0. The van der Waals surface area contributed by atoms with Crippen LogP contribution in [0.25, 0.3) is 0 Å². The lowest BCUT2D eigenvalue weighted by Gasteiger charge is -1.99. The molecule has 2 N–H and O–H groups in total. The van der Waals surface area contributed by atoms with Crippen molar-refractivity contribution in [1.29, 1.82) is 0 Å². The summed E-state index contributed by atoms with van der Waals surface area (Å²) in [6, 6.07) is 0. The minimum atomic E-state index is 0.861. The first-order chi connectivity index (χ1) is 6.88. The molecular weight excluding hydrogens is 174 g/mol. The van der Waals surface area contributed by atoms with Crippen molar-refractivity contribution in [1.82, 2.24) is 10.3 Å². The number of hydrogen-bond donors (Lipinski definition) is 2. The van der Waals surface area contributed by atoms with Crippen molar-refractivity contribution in [2.45, 2.75) is 13.0 Å². The summed E-state index contributed by atoms with van der Waals surface area (Å²) in [5, 5.41) is 3.27. The van der Waals surface area contributed by atoms with Gasteiger partial charge in [0.05, 0.1) is 6.42 Å². The molecule has 1 aromatic heterocycles. The molecule has 0 fully saturated rings. The van der Waals surface area contributed by atoms with Gasteiger partial charge < -0.3 is 5.32 Å². The molecule has 0 bridgehead atoms. The van der Waals surface area contributed by atoms with Gasteiger partial charge in [-0.3, -0.25) is 0 Å². The van der Waals surface area contributed by atoms with Gasteiger partial charge in [0.25, 0.3) is 5.82 Å². The Bertz CT molecular complexity index is 288. The van der Waals surface area contributed by atoms with Crippen molar-refractivity contribution >= 4 is 0 Å². The number of hydrogen-bond acceptors (Lipinski definition) is 1. The predicted octanol–water partition coefficient (Wildman–Crippen LogP) is 0.806. The number of H-pyrrole nitrogens is 1. The van der Waals surface area contributed by atoms with E-state index in [1.54, 1.807) is 0 Å². The SMILES string of the molecule is C=CCNCCc1[nH]cc[n+]1CC=C. The van der Waals surface area contributed by atoms with Crippen LogP contribution in [0.15, 0.2) is 37.7 Å². The molecule has 0 atom stereocenters. The van der Waals surface area contributed by atoms with E-state index in [0.29, 0.717) is 0 Å². The van der Waals surface area contributed by atoms with Gasteiger partial charge in [0.15, 0.2) is 0 Å². The number of aromatic amines is 1. The highest BCUT2D eigenvalue weighted by Gasteiger charge is 2.07. The van der Waals surface area contributed by atoms with Gasteiger partial charge in [-0.1, -0.05) is 18.7 Å². The maximum atomic E-state index is 3.72. The Morgan fingerprint density at radius 2 is 2.29 bits per heavy atom. The summed E-state index contributed by atoms with van der Waals surface area (Å²) >= 11 is 0. The largest absolute Gasteiger partial charge is 0.313 e. The molecule has 1 aromatic rings. The molecule has 0 aliphatic rings. The Balaban J connectivity index is 2.37. The molecule has 1 heterocycles. The van der Waals surface area contributed by atoms with Crippen LogP contribution in [0.1, 0.15) is 5.82 Å². The lowest BCUT2D eigenvalue weighted by atomic mass is 10.4. The fraction of sp³-hybridized carbons (Fsp3) is 0.364. The van der Waals surface area contributed by atoms with E-state index < -0.39 is 0 Å². The number of imidazole rings is 1. The van der Waals surface area contributed by atoms with Crippen LogP contribution in [0.2, 0.25) is 0 Å². The van der Waals surface area contributed by atoms with Gasteiger partial charge in [-0.15, -0.1) is 6.58 Å². The Morgan fingerprint density at radius 1 is 1.43 bits per heavy atom. The van der Waals surface area contributed by atoms with E-state index in [2.05, 4.69) is 28.0 Å². The minimum Gasteiger partial charge on any atom is -0.313 e. The summed E-state index contributed by atoms with van der Waals surface area (Å²) in [6.07, 6.45) is 8.74. The van der Waals surface area contributed by atoms with Crippen LogP contribution in [0.5, 0.6) is 0 Å². The van der Waals surface area contributed by atoms with Crippen LogP contribution in [-0.4, -0.2) is 18.1 Å². The zero-order valence-electron chi connectivity index (χ0n) is 8.50. The molecule has 1 rings (SSSR count). The van der Waals surface area contributed by atoms with E-state index in [4.69, 9.17) is 0 Å². The fourth-order valence-electron chi connectivity index (χ4n) is 1.33. The molecule has 0 aliphatic carbocycles. The third-order valence-electron chi connectivity index (χ3n) is 2.00. The first-order valence-electron chi connectivity index (χ1n) is 4.86. The molecule has 0 saturated carbocycles. The average Bonchev–Trinajstić information content (AvgIpc) is 2.61. The van der Waals surface area contributed by atoms with E-state index in [1.165, 1.54) is 5.82 Å². The van der Waals surface area contributed by atoms with Crippen LogP contribution in [0.3, 0.4) is 0 Å². The minimum absolute atomic E-state index is 0.861. The zero-order chi connectivity index (χ0) is 10.2. The highest BCUT2D eigenvalue weighted by Crippen LogP contribution is 1.87. The highest BCUT2D eigenvalue weighted by molar-refractivity contribution is 4.80. The van der Waals surface area contributed by atoms with E-state index in [9.17, 15) is 0 Å². The number of aromatic nitrogens is 2. The molecule has 0 aliphatic heterocycles. The molecule has 0 spiro atoms. The maximum Gasteiger partial charge on any atom is 0.255 e. The van der Waals surface area contributed by atoms with E-state index in [1.807, 2.05) is 24.5 Å². The summed E-state index contributed by atoms with van der Waals surface area (Å²) in [5.41, 5.74) is 0. The van der Waals surface area contributed by atoms with Gasteiger partial charge in [-0.05, 0) is 0 Å². The van der Waals surface area contributed by atoms with Gasteiger partial charge in [0, 0.05) is 13.1 Å². The molecule has 3 heteroatoms. The van der Waals surface area contributed by atoms with E-state index >= 15 is 0 Å². The number of nitrogens with zero attached hydrogens (tertiary/aromatic N) is 1. The average molecular weight is 192 g/mol. The fourth-order valence-corrected chi connectivity index (χ4v) is 1.33. The van der Waals surface area contributed by atoms with Crippen LogP contribution >= 0.6 is 0 Å². The second-order valence-electron chi connectivity index (χ2n) is 3.09. The number of nitrogens with one attached hydrogen (secondary N) is 2. The Labute approximate surface area is 85.2 Å². The molecule has 0 unspecified atom stereocenters. The predicted molar refractivity (Wildman–Crippen MR) is 58.0 cm³/mol. The van der Waals surface area contributed by atoms with Gasteiger partial charge in [-0.2, -0.15) is 0 Å². The smallest absolute Gasteiger partial charge is 0.255 e. The molecule has 0 aromatic carbocycles. The van der Waals surface area contributed by atoms with E-state index in [0.717, 1.165) is 26.1 Å². The standard InChI is InChI=1S/C11H17N3/c1-3-6-12-7-5-11-13-8-10-14(11)9-4-2/h3-4,8,10,12H,1-2,5-7,9H2/p+1. The van der Waals surface area contributed by atoms with Crippen LogP contribution in [0.4, 0.5) is 0 Å². The van der Waals surface area contributed by atoms with Gasteiger partial charge in [0.2, 0.25) is 0 Å².